The maximum absolute atomic E-state index is 13.3. The average molecular weight is 432 g/mol. The largest absolute Gasteiger partial charge is 0.373 e. The second-order valence-electron chi connectivity index (χ2n) is 7.27. The molecular weight excluding hydrogens is 409 g/mol. The van der Waals surface area contributed by atoms with E-state index in [9.17, 15) is 4.79 Å². The van der Waals surface area contributed by atoms with Crippen LogP contribution in [0, 0.1) is 0 Å². The van der Waals surface area contributed by atoms with Crippen LogP contribution in [0.1, 0.15) is 41.5 Å². The highest BCUT2D eigenvalue weighted by atomic mass is 35.5. The number of ether oxygens (including phenoxy) is 1. The summed E-state index contributed by atoms with van der Waals surface area (Å²) < 4.78 is 7.85. The Morgan fingerprint density at radius 2 is 1.79 bits per heavy atom. The molecule has 0 N–H and O–H groups in total. The van der Waals surface area contributed by atoms with Crippen LogP contribution in [0.5, 0.6) is 0 Å². The van der Waals surface area contributed by atoms with Crippen LogP contribution in [0.3, 0.4) is 0 Å². The van der Waals surface area contributed by atoms with Crippen molar-refractivity contribution in [1.29, 1.82) is 0 Å². The van der Waals surface area contributed by atoms with E-state index in [2.05, 4.69) is 4.98 Å². The fraction of sp³-hybridized carbons (Fsp3) is 0.364. The summed E-state index contributed by atoms with van der Waals surface area (Å²) in [5, 5.41) is 1.31. The highest BCUT2D eigenvalue weighted by Gasteiger charge is 2.28. The molecule has 1 amide bonds. The quantitative estimate of drug-likeness (QED) is 0.569. The van der Waals surface area contributed by atoms with Crippen molar-refractivity contribution in [3.63, 3.8) is 0 Å². The van der Waals surface area contributed by atoms with Crippen LogP contribution in [-0.4, -0.2) is 39.4 Å². The zero-order valence-corrected chi connectivity index (χ0v) is 17.8. The Labute approximate surface area is 180 Å². The van der Waals surface area contributed by atoms with Gasteiger partial charge in [0.25, 0.3) is 5.91 Å². The van der Waals surface area contributed by atoms with Crippen molar-refractivity contribution in [2.45, 2.75) is 38.9 Å². The number of piperidine rings is 1. The number of carbonyl (C=O) groups is 1. The number of fused-ring (bicyclic) bond motifs is 1. The van der Waals surface area contributed by atoms with Gasteiger partial charge in [0.15, 0.2) is 0 Å². The first-order valence-corrected chi connectivity index (χ1v) is 10.6. The summed E-state index contributed by atoms with van der Waals surface area (Å²) in [6.07, 6.45) is 4.24. The lowest BCUT2D eigenvalue weighted by molar-refractivity contribution is -0.000552. The van der Waals surface area contributed by atoms with Gasteiger partial charge in [0.1, 0.15) is 11.3 Å². The second kappa shape index (κ2) is 8.74. The van der Waals surface area contributed by atoms with Crippen LogP contribution in [-0.2, 0) is 17.8 Å². The van der Waals surface area contributed by atoms with Crippen LogP contribution in [0.15, 0.2) is 42.6 Å². The summed E-state index contributed by atoms with van der Waals surface area (Å²) >= 11 is 12.1. The Bertz CT molecular complexity index is 1010. The van der Waals surface area contributed by atoms with Crippen LogP contribution in [0.25, 0.3) is 5.65 Å². The van der Waals surface area contributed by atoms with Gasteiger partial charge in [0.05, 0.1) is 23.4 Å². The fourth-order valence-electron chi connectivity index (χ4n) is 3.71. The molecule has 0 bridgehead atoms. The number of carbonyl (C=O) groups excluding carboxylic acids is 1. The van der Waals surface area contributed by atoms with Gasteiger partial charge in [-0.3, -0.25) is 9.20 Å². The number of likely N-dealkylation sites (tertiary alicyclic amines) is 1. The monoisotopic (exact) mass is 431 g/mol. The van der Waals surface area contributed by atoms with Crippen molar-refractivity contribution in [3.8, 4) is 0 Å². The van der Waals surface area contributed by atoms with E-state index in [0.29, 0.717) is 36.8 Å². The smallest absolute Gasteiger partial charge is 0.272 e. The number of amides is 1. The minimum absolute atomic E-state index is 0.00719. The zero-order valence-electron chi connectivity index (χ0n) is 16.3. The van der Waals surface area contributed by atoms with Gasteiger partial charge in [-0.25, -0.2) is 4.98 Å². The molecule has 152 valence electrons. The summed E-state index contributed by atoms with van der Waals surface area (Å²) in [5.41, 5.74) is 3.27. The molecule has 0 spiro atoms. The Balaban J connectivity index is 1.41. The van der Waals surface area contributed by atoms with Gasteiger partial charge in [0.2, 0.25) is 0 Å². The van der Waals surface area contributed by atoms with E-state index in [1.54, 1.807) is 12.3 Å². The Hall–Kier alpha value is -2.08. The molecule has 4 rings (SSSR count). The summed E-state index contributed by atoms with van der Waals surface area (Å²) in [4.78, 5) is 19.7. The number of hydrogen-bond acceptors (Lipinski definition) is 3. The normalized spacial score (nSPS) is 15.2. The Morgan fingerprint density at radius 1 is 1.10 bits per heavy atom. The molecule has 0 aliphatic carbocycles. The molecule has 3 heterocycles. The highest BCUT2D eigenvalue weighted by molar-refractivity contribution is 6.30. The van der Waals surface area contributed by atoms with Gasteiger partial charge in [-0.05, 0) is 49.1 Å². The van der Waals surface area contributed by atoms with Crippen LogP contribution in [0.2, 0.25) is 10.0 Å². The molecule has 0 unspecified atom stereocenters. The van der Waals surface area contributed by atoms with Gasteiger partial charge >= 0.3 is 0 Å². The van der Waals surface area contributed by atoms with Crippen molar-refractivity contribution in [2.24, 2.45) is 0 Å². The van der Waals surface area contributed by atoms with Crippen molar-refractivity contribution in [2.75, 3.05) is 13.1 Å². The molecule has 3 aromatic rings. The molecule has 1 aromatic carbocycles. The summed E-state index contributed by atoms with van der Waals surface area (Å²) in [6.45, 7) is 3.90. The number of aryl methyl sites for hydroxylation is 1. The lowest BCUT2D eigenvalue weighted by atomic mass is 10.1. The molecule has 0 atom stereocenters. The van der Waals surface area contributed by atoms with Crippen molar-refractivity contribution in [3.05, 3.63) is 69.6 Å². The van der Waals surface area contributed by atoms with Crippen molar-refractivity contribution >= 4 is 34.8 Å². The number of halogens is 2. The standard InChI is InChI=1S/C22H23Cl2N3O2/c1-2-19-21(27-13-17(24)7-8-20(27)25-19)22(28)26-11-9-18(10-12-26)29-14-15-3-5-16(23)6-4-15/h3-8,13,18H,2,9-12,14H2,1H3. The molecular formula is C22H23Cl2N3O2. The van der Waals surface area contributed by atoms with Crippen molar-refractivity contribution < 1.29 is 9.53 Å². The maximum Gasteiger partial charge on any atom is 0.272 e. The third kappa shape index (κ3) is 4.42. The minimum atomic E-state index is 0.00719. The molecule has 1 fully saturated rings. The summed E-state index contributed by atoms with van der Waals surface area (Å²) in [7, 11) is 0. The number of nitrogens with zero attached hydrogens (tertiary/aromatic N) is 3. The predicted molar refractivity (Wildman–Crippen MR) is 115 cm³/mol. The number of pyridine rings is 1. The Kier molecular flexibility index (Phi) is 6.09. The lowest BCUT2D eigenvalue weighted by Crippen LogP contribution is -2.41. The molecule has 5 nitrogen and oxygen atoms in total. The van der Waals surface area contributed by atoms with Crippen LogP contribution in [0.4, 0.5) is 0 Å². The molecule has 1 aliphatic heterocycles. The molecule has 0 radical (unpaired) electrons. The Morgan fingerprint density at radius 3 is 2.48 bits per heavy atom. The van der Waals surface area contributed by atoms with Gasteiger partial charge in [-0.1, -0.05) is 42.3 Å². The third-order valence-corrected chi connectivity index (χ3v) is 5.80. The number of hydrogen-bond donors (Lipinski definition) is 0. The first-order chi connectivity index (χ1) is 14.0. The first-order valence-electron chi connectivity index (χ1n) is 9.87. The first kappa shape index (κ1) is 20.2. The minimum Gasteiger partial charge on any atom is -0.373 e. The van der Waals surface area contributed by atoms with Gasteiger partial charge in [0, 0.05) is 24.3 Å². The third-order valence-electron chi connectivity index (χ3n) is 5.32. The number of aromatic nitrogens is 2. The number of rotatable bonds is 5. The topological polar surface area (TPSA) is 46.8 Å². The maximum atomic E-state index is 13.3. The van der Waals surface area contributed by atoms with Crippen molar-refractivity contribution in [1.82, 2.24) is 14.3 Å². The van der Waals surface area contributed by atoms with Crippen LogP contribution < -0.4 is 0 Å². The molecule has 0 saturated carbocycles. The molecule has 29 heavy (non-hydrogen) atoms. The molecule has 1 aliphatic rings. The zero-order chi connectivity index (χ0) is 20.4. The van der Waals surface area contributed by atoms with E-state index in [1.807, 2.05) is 46.6 Å². The van der Waals surface area contributed by atoms with Crippen LogP contribution >= 0.6 is 23.2 Å². The average Bonchev–Trinajstić information content (AvgIpc) is 3.11. The van der Waals surface area contributed by atoms with E-state index in [0.717, 1.165) is 34.8 Å². The van der Waals surface area contributed by atoms with E-state index >= 15 is 0 Å². The van der Waals surface area contributed by atoms with E-state index in [-0.39, 0.29) is 12.0 Å². The molecule has 7 heteroatoms. The van der Waals surface area contributed by atoms with Gasteiger partial charge in [-0.15, -0.1) is 0 Å². The SMILES string of the molecule is CCc1nc2ccc(Cl)cn2c1C(=O)N1CCC(OCc2ccc(Cl)cc2)CC1. The number of benzene rings is 1. The van der Waals surface area contributed by atoms with E-state index in [1.165, 1.54) is 0 Å². The molecule has 1 saturated heterocycles. The predicted octanol–water partition coefficient (Wildman–Crippen LogP) is 5.02. The molecule has 2 aromatic heterocycles. The summed E-state index contributed by atoms with van der Waals surface area (Å²) in [5.74, 6) is 0.00719. The van der Waals surface area contributed by atoms with E-state index in [4.69, 9.17) is 27.9 Å². The van der Waals surface area contributed by atoms with Gasteiger partial charge < -0.3 is 9.64 Å². The van der Waals surface area contributed by atoms with Gasteiger partial charge in [-0.2, -0.15) is 0 Å². The fourth-order valence-corrected chi connectivity index (χ4v) is 4.00. The highest BCUT2D eigenvalue weighted by Crippen LogP contribution is 2.22. The second-order valence-corrected chi connectivity index (χ2v) is 8.14. The summed E-state index contributed by atoms with van der Waals surface area (Å²) in [6, 6.07) is 11.3. The lowest BCUT2D eigenvalue weighted by Gasteiger charge is -2.32. The van der Waals surface area contributed by atoms with E-state index < -0.39 is 0 Å². The number of imidazole rings is 1.